The van der Waals surface area contributed by atoms with E-state index in [1.807, 2.05) is 6.07 Å². The molecule has 0 spiro atoms. The number of amides is 1. The van der Waals surface area contributed by atoms with Crippen LogP contribution in [0.3, 0.4) is 0 Å². The van der Waals surface area contributed by atoms with Crippen LogP contribution in [0, 0.1) is 0 Å². The first-order valence-electron chi connectivity index (χ1n) is 6.44. The number of anilines is 2. The Hall–Kier alpha value is -1.51. The van der Waals surface area contributed by atoms with Crippen molar-refractivity contribution in [3.05, 3.63) is 33.9 Å². The number of halogens is 1. The Kier molecular flexibility index (Phi) is 4.47. The molecular formula is C13H13BrN4O2S. The van der Waals surface area contributed by atoms with Gasteiger partial charge in [-0.15, -0.1) is 0 Å². The number of ether oxygens (including phenoxy) is 1. The zero-order chi connectivity index (χ0) is 14.7. The SMILES string of the molecule is O=C(Nc1cnc(N2CCOCC2)c(Br)c1)c1ccsn1. The van der Waals surface area contributed by atoms with E-state index in [0.717, 1.165) is 23.4 Å². The summed E-state index contributed by atoms with van der Waals surface area (Å²) in [6, 6.07) is 3.53. The molecule has 0 atom stereocenters. The van der Waals surface area contributed by atoms with Crippen molar-refractivity contribution >= 4 is 44.9 Å². The second kappa shape index (κ2) is 6.50. The summed E-state index contributed by atoms with van der Waals surface area (Å²) >= 11 is 4.76. The maximum atomic E-state index is 11.9. The quantitative estimate of drug-likeness (QED) is 0.900. The normalized spacial score (nSPS) is 15.0. The summed E-state index contributed by atoms with van der Waals surface area (Å²) in [6.45, 7) is 3.04. The summed E-state index contributed by atoms with van der Waals surface area (Å²) in [5.41, 5.74) is 1.05. The Morgan fingerprint density at radius 2 is 2.24 bits per heavy atom. The number of morpholine rings is 1. The van der Waals surface area contributed by atoms with Crippen molar-refractivity contribution in [2.24, 2.45) is 0 Å². The molecule has 1 aliphatic rings. The number of hydrogen-bond donors (Lipinski definition) is 1. The van der Waals surface area contributed by atoms with E-state index >= 15 is 0 Å². The minimum atomic E-state index is -0.232. The number of pyridine rings is 1. The molecule has 0 unspecified atom stereocenters. The van der Waals surface area contributed by atoms with Crippen molar-refractivity contribution in [2.75, 3.05) is 36.5 Å². The average Bonchev–Trinajstić information content (AvgIpc) is 3.02. The van der Waals surface area contributed by atoms with E-state index in [0.29, 0.717) is 24.6 Å². The van der Waals surface area contributed by atoms with Gasteiger partial charge in [-0.3, -0.25) is 4.79 Å². The van der Waals surface area contributed by atoms with Crippen molar-refractivity contribution in [1.82, 2.24) is 9.36 Å². The number of rotatable bonds is 3. The van der Waals surface area contributed by atoms with E-state index < -0.39 is 0 Å². The standard InChI is InChI=1S/C13H13BrN4O2S/c14-10-7-9(16-13(19)11-1-6-21-17-11)8-15-12(10)18-2-4-20-5-3-18/h1,6-8H,2-5H2,(H,16,19). The van der Waals surface area contributed by atoms with E-state index in [-0.39, 0.29) is 5.91 Å². The van der Waals surface area contributed by atoms with Gasteiger partial charge in [0.05, 0.1) is 29.6 Å². The molecule has 1 fully saturated rings. The second-order valence-electron chi connectivity index (χ2n) is 4.47. The Morgan fingerprint density at radius 3 is 2.90 bits per heavy atom. The highest BCUT2D eigenvalue weighted by Gasteiger charge is 2.16. The fourth-order valence-corrected chi connectivity index (χ4v) is 3.14. The van der Waals surface area contributed by atoms with Crippen LogP contribution in [0.4, 0.5) is 11.5 Å². The molecule has 1 amide bonds. The van der Waals surface area contributed by atoms with Gasteiger partial charge >= 0.3 is 0 Å². The van der Waals surface area contributed by atoms with E-state index in [9.17, 15) is 4.79 Å². The molecule has 110 valence electrons. The van der Waals surface area contributed by atoms with Crippen molar-refractivity contribution in [3.8, 4) is 0 Å². The number of carbonyl (C=O) groups excluding carboxylic acids is 1. The van der Waals surface area contributed by atoms with Gasteiger partial charge in [0.25, 0.3) is 5.91 Å². The first-order valence-corrected chi connectivity index (χ1v) is 8.07. The highest BCUT2D eigenvalue weighted by molar-refractivity contribution is 9.10. The van der Waals surface area contributed by atoms with Crippen LogP contribution in [0.15, 0.2) is 28.2 Å². The molecule has 3 rings (SSSR count). The summed E-state index contributed by atoms with van der Waals surface area (Å²) in [5.74, 6) is 0.633. The molecule has 21 heavy (non-hydrogen) atoms. The zero-order valence-electron chi connectivity index (χ0n) is 11.1. The monoisotopic (exact) mass is 368 g/mol. The molecule has 2 aromatic rings. The van der Waals surface area contributed by atoms with Crippen LogP contribution in [-0.4, -0.2) is 41.6 Å². The van der Waals surface area contributed by atoms with Crippen molar-refractivity contribution in [3.63, 3.8) is 0 Å². The molecule has 0 radical (unpaired) electrons. The largest absolute Gasteiger partial charge is 0.378 e. The Labute approximate surface area is 134 Å². The Bertz CT molecular complexity index is 629. The Morgan fingerprint density at radius 1 is 1.43 bits per heavy atom. The van der Waals surface area contributed by atoms with E-state index in [1.165, 1.54) is 11.5 Å². The molecular weight excluding hydrogens is 356 g/mol. The maximum Gasteiger partial charge on any atom is 0.275 e. The van der Waals surface area contributed by atoms with Gasteiger partial charge < -0.3 is 15.0 Å². The first kappa shape index (κ1) is 14.4. The van der Waals surface area contributed by atoms with Gasteiger partial charge in [-0.2, -0.15) is 4.37 Å². The first-order chi connectivity index (χ1) is 10.2. The molecule has 6 nitrogen and oxygen atoms in total. The number of aromatic nitrogens is 2. The lowest BCUT2D eigenvalue weighted by Crippen LogP contribution is -2.37. The van der Waals surface area contributed by atoms with Gasteiger partial charge in [-0.1, -0.05) is 0 Å². The highest BCUT2D eigenvalue weighted by atomic mass is 79.9. The van der Waals surface area contributed by atoms with Crippen LogP contribution in [0.1, 0.15) is 10.5 Å². The molecule has 8 heteroatoms. The third kappa shape index (κ3) is 3.39. The maximum absolute atomic E-state index is 11.9. The molecule has 1 saturated heterocycles. The van der Waals surface area contributed by atoms with Crippen molar-refractivity contribution in [2.45, 2.75) is 0 Å². The number of hydrogen-bond acceptors (Lipinski definition) is 6. The van der Waals surface area contributed by atoms with Crippen LogP contribution >= 0.6 is 27.5 Å². The lowest BCUT2D eigenvalue weighted by Gasteiger charge is -2.28. The fourth-order valence-electron chi connectivity index (χ4n) is 2.03. The third-order valence-corrected chi connectivity index (χ3v) is 4.20. The topological polar surface area (TPSA) is 67.4 Å². The summed E-state index contributed by atoms with van der Waals surface area (Å²) in [5, 5.41) is 4.55. The molecule has 1 N–H and O–H groups in total. The van der Waals surface area contributed by atoms with Gasteiger partial charge in [0.2, 0.25) is 0 Å². The van der Waals surface area contributed by atoms with Gasteiger partial charge in [-0.05, 0) is 39.6 Å². The number of nitrogens with zero attached hydrogens (tertiary/aromatic N) is 3. The van der Waals surface area contributed by atoms with Gasteiger partial charge in [0.1, 0.15) is 11.5 Å². The number of nitrogens with one attached hydrogen (secondary N) is 1. The van der Waals surface area contributed by atoms with Gasteiger partial charge in [0, 0.05) is 18.5 Å². The van der Waals surface area contributed by atoms with Crippen molar-refractivity contribution in [1.29, 1.82) is 0 Å². The van der Waals surface area contributed by atoms with Crippen LogP contribution < -0.4 is 10.2 Å². The van der Waals surface area contributed by atoms with Gasteiger partial charge in [0.15, 0.2) is 0 Å². The fraction of sp³-hybridized carbons (Fsp3) is 0.308. The molecule has 0 bridgehead atoms. The summed E-state index contributed by atoms with van der Waals surface area (Å²) in [4.78, 5) is 18.5. The van der Waals surface area contributed by atoms with E-state index in [2.05, 4.69) is 35.5 Å². The lowest BCUT2D eigenvalue weighted by atomic mass is 10.3. The third-order valence-electron chi connectivity index (χ3n) is 3.06. The summed E-state index contributed by atoms with van der Waals surface area (Å²) in [7, 11) is 0. The Balaban J connectivity index is 1.73. The second-order valence-corrected chi connectivity index (χ2v) is 5.99. The van der Waals surface area contributed by atoms with Crippen LogP contribution in [0.2, 0.25) is 0 Å². The lowest BCUT2D eigenvalue weighted by molar-refractivity contribution is 0.102. The summed E-state index contributed by atoms with van der Waals surface area (Å²) in [6.07, 6.45) is 1.65. The molecule has 0 saturated carbocycles. The van der Waals surface area contributed by atoms with E-state index in [4.69, 9.17) is 4.74 Å². The molecule has 2 aromatic heterocycles. The predicted molar refractivity (Wildman–Crippen MR) is 85.0 cm³/mol. The molecule has 0 aliphatic carbocycles. The minimum absolute atomic E-state index is 0.232. The van der Waals surface area contributed by atoms with Crippen molar-refractivity contribution < 1.29 is 9.53 Å². The predicted octanol–water partition coefficient (Wildman–Crippen LogP) is 2.39. The van der Waals surface area contributed by atoms with E-state index in [1.54, 1.807) is 17.6 Å². The van der Waals surface area contributed by atoms with Crippen LogP contribution in [0.5, 0.6) is 0 Å². The summed E-state index contributed by atoms with van der Waals surface area (Å²) < 4.78 is 10.2. The average molecular weight is 369 g/mol. The molecule has 0 aromatic carbocycles. The molecule has 3 heterocycles. The molecule has 1 aliphatic heterocycles. The van der Waals surface area contributed by atoms with Gasteiger partial charge in [-0.25, -0.2) is 4.98 Å². The minimum Gasteiger partial charge on any atom is -0.378 e. The zero-order valence-corrected chi connectivity index (χ0v) is 13.5. The smallest absolute Gasteiger partial charge is 0.275 e. The number of carbonyl (C=O) groups is 1. The highest BCUT2D eigenvalue weighted by Crippen LogP contribution is 2.27. The van der Waals surface area contributed by atoms with Crippen LogP contribution in [-0.2, 0) is 4.74 Å². The van der Waals surface area contributed by atoms with Crippen LogP contribution in [0.25, 0.3) is 0 Å².